The van der Waals surface area contributed by atoms with Crippen molar-refractivity contribution in [3.63, 3.8) is 0 Å². The number of sulfone groups is 1. The van der Waals surface area contributed by atoms with E-state index in [1.807, 2.05) is 0 Å². The monoisotopic (exact) mass is 186 g/mol. The molecule has 0 bridgehead atoms. The highest BCUT2D eigenvalue weighted by molar-refractivity contribution is 7.93. The van der Waals surface area contributed by atoms with Crippen molar-refractivity contribution in [3.05, 3.63) is 0 Å². The highest BCUT2D eigenvalue weighted by Crippen LogP contribution is 2.21. The van der Waals surface area contributed by atoms with Gasteiger partial charge in [0.1, 0.15) is 0 Å². The minimum atomic E-state index is -2.85. The molecule has 0 aromatic carbocycles. The lowest BCUT2D eigenvalue weighted by Crippen LogP contribution is -2.09. The Bertz CT molecular complexity index is 183. The lowest BCUT2D eigenvalue weighted by molar-refractivity contribution is 0.602. The Morgan fingerprint density at radius 2 is 2.00 bits per heavy atom. The smallest absolute Gasteiger partial charge is 0.152 e. The third kappa shape index (κ3) is 1.75. The maximum atomic E-state index is 10.7. The Hall–Kier alpha value is 0.590. The third-order valence-corrected chi connectivity index (χ3v) is 4.60. The molecule has 1 aliphatic heterocycles. The maximum absolute atomic E-state index is 10.7. The van der Waals surface area contributed by atoms with E-state index in [1.165, 1.54) is 0 Å². The van der Waals surface area contributed by atoms with E-state index in [0.29, 0.717) is 0 Å². The molecule has 0 aromatic heterocycles. The van der Waals surface area contributed by atoms with E-state index in [-0.39, 0.29) is 22.1 Å². The molecule has 0 aliphatic carbocycles. The quantitative estimate of drug-likeness (QED) is 0.437. The van der Waals surface area contributed by atoms with Gasteiger partial charge < -0.3 is 0 Å². The van der Waals surface area contributed by atoms with Gasteiger partial charge in [-0.3, -0.25) is 0 Å². The molecule has 9 heavy (non-hydrogen) atoms. The SMILES string of the molecule is O=S1(=O)CC(S)C(Cl)C1. The molecule has 0 spiro atoms. The summed E-state index contributed by atoms with van der Waals surface area (Å²) >= 11 is 9.58. The van der Waals surface area contributed by atoms with Crippen molar-refractivity contribution in [3.8, 4) is 0 Å². The van der Waals surface area contributed by atoms with Crippen molar-refractivity contribution in [1.29, 1.82) is 0 Å². The summed E-state index contributed by atoms with van der Waals surface area (Å²) in [4.78, 5) is 0. The molecule has 1 saturated heterocycles. The lowest BCUT2D eigenvalue weighted by Gasteiger charge is -1.98. The van der Waals surface area contributed by atoms with Gasteiger partial charge in [-0.1, -0.05) is 0 Å². The second-order valence-corrected chi connectivity index (χ2v) is 5.54. The van der Waals surface area contributed by atoms with Crippen LogP contribution < -0.4 is 0 Å². The molecule has 1 rings (SSSR count). The minimum absolute atomic E-state index is 0.0860. The highest BCUT2D eigenvalue weighted by Gasteiger charge is 2.33. The first-order valence-electron chi connectivity index (χ1n) is 2.54. The van der Waals surface area contributed by atoms with Gasteiger partial charge in [-0.25, -0.2) is 8.42 Å². The molecular weight excluding hydrogens is 180 g/mol. The number of rotatable bonds is 0. The summed E-state index contributed by atoms with van der Waals surface area (Å²) in [5.74, 6) is 0.215. The van der Waals surface area contributed by atoms with E-state index in [2.05, 4.69) is 12.6 Å². The average Bonchev–Trinajstić information content (AvgIpc) is 1.79. The van der Waals surface area contributed by atoms with Crippen LogP contribution in [0.5, 0.6) is 0 Å². The molecule has 0 amide bonds. The van der Waals surface area contributed by atoms with Crippen LogP contribution in [0.25, 0.3) is 0 Å². The first-order chi connectivity index (χ1) is 4.01. The van der Waals surface area contributed by atoms with Crippen molar-refractivity contribution in [2.24, 2.45) is 0 Å². The number of hydrogen-bond acceptors (Lipinski definition) is 3. The Morgan fingerprint density at radius 3 is 2.11 bits per heavy atom. The fourth-order valence-corrected chi connectivity index (χ4v) is 4.09. The Labute approximate surface area is 64.9 Å². The fourth-order valence-electron chi connectivity index (χ4n) is 0.786. The Morgan fingerprint density at radius 1 is 1.44 bits per heavy atom. The number of thiol groups is 1. The molecule has 54 valence electrons. The zero-order chi connectivity index (χ0) is 7.07. The summed E-state index contributed by atoms with van der Waals surface area (Å²) in [7, 11) is -2.85. The zero-order valence-electron chi connectivity index (χ0n) is 4.62. The number of hydrogen-bond donors (Lipinski definition) is 1. The van der Waals surface area contributed by atoms with E-state index >= 15 is 0 Å². The first kappa shape index (κ1) is 7.69. The fraction of sp³-hybridized carbons (Fsp3) is 1.00. The van der Waals surface area contributed by atoms with Gasteiger partial charge in [-0.2, -0.15) is 12.6 Å². The molecule has 0 N–H and O–H groups in total. The summed E-state index contributed by atoms with van der Waals surface area (Å²) in [5, 5.41) is -0.463. The largest absolute Gasteiger partial charge is 0.229 e. The summed E-state index contributed by atoms with van der Waals surface area (Å²) in [6.45, 7) is 0. The van der Waals surface area contributed by atoms with Crippen LogP contribution in [0.1, 0.15) is 0 Å². The third-order valence-electron chi connectivity index (χ3n) is 1.26. The predicted molar refractivity (Wildman–Crippen MR) is 41.1 cm³/mol. The van der Waals surface area contributed by atoms with Crippen molar-refractivity contribution >= 4 is 34.1 Å². The van der Waals surface area contributed by atoms with Gasteiger partial charge in [0.15, 0.2) is 9.84 Å². The van der Waals surface area contributed by atoms with E-state index < -0.39 is 9.84 Å². The van der Waals surface area contributed by atoms with Crippen molar-refractivity contribution in [2.75, 3.05) is 11.5 Å². The number of halogens is 1. The predicted octanol–water partition coefficient (Wildman–Crippen LogP) is 0.321. The Kier molecular flexibility index (Phi) is 1.99. The van der Waals surface area contributed by atoms with E-state index in [9.17, 15) is 8.42 Å². The lowest BCUT2D eigenvalue weighted by atomic mass is 10.4. The number of alkyl halides is 1. The minimum Gasteiger partial charge on any atom is -0.229 e. The van der Waals surface area contributed by atoms with Gasteiger partial charge in [0.05, 0.1) is 16.9 Å². The highest BCUT2D eigenvalue weighted by atomic mass is 35.5. The summed E-state index contributed by atoms with van der Waals surface area (Å²) in [5.41, 5.74) is 0. The second-order valence-electron chi connectivity index (χ2n) is 2.16. The van der Waals surface area contributed by atoms with Gasteiger partial charge in [0.25, 0.3) is 0 Å². The van der Waals surface area contributed by atoms with Crippen LogP contribution in [0, 0.1) is 0 Å². The molecule has 0 radical (unpaired) electrons. The first-order valence-corrected chi connectivity index (χ1v) is 5.31. The summed E-state index contributed by atoms with van der Waals surface area (Å²) in [6, 6.07) is 0. The molecule has 1 aliphatic rings. The van der Waals surface area contributed by atoms with Gasteiger partial charge in [-0.15, -0.1) is 11.6 Å². The summed E-state index contributed by atoms with van der Waals surface area (Å²) < 4.78 is 21.4. The Balaban J connectivity index is 2.77. The van der Waals surface area contributed by atoms with Gasteiger partial charge in [0, 0.05) is 5.25 Å². The zero-order valence-corrected chi connectivity index (χ0v) is 7.09. The molecule has 5 heteroatoms. The van der Waals surface area contributed by atoms with Gasteiger partial charge in [-0.05, 0) is 0 Å². The molecule has 0 saturated carbocycles. The van der Waals surface area contributed by atoms with Crippen molar-refractivity contribution < 1.29 is 8.42 Å². The van der Waals surface area contributed by atoms with Crippen LogP contribution in [0.4, 0.5) is 0 Å². The van der Waals surface area contributed by atoms with Gasteiger partial charge >= 0.3 is 0 Å². The second kappa shape index (κ2) is 2.32. The van der Waals surface area contributed by atoms with E-state index in [0.717, 1.165) is 0 Å². The van der Waals surface area contributed by atoms with Crippen LogP contribution in [0.3, 0.4) is 0 Å². The van der Waals surface area contributed by atoms with Crippen LogP contribution >= 0.6 is 24.2 Å². The molecule has 2 atom stereocenters. The van der Waals surface area contributed by atoms with Crippen LogP contribution in [-0.4, -0.2) is 30.6 Å². The molecular formula is C4H7ClO2S2. The van der Waals surface area contributed by atoms with Gasteiger partial charge in [0.2, 0.25) is 0 Å². The maximum Gasteiger partial charge on any atom is 0.152 e. The van der Waals surface area contributed by atoms with E-state index in [4.69, 9.17) is 11.6 Å². The van der Waals surface area contributed by atoms with Crippen molar-refractivity contribution in [2.45, 2.75) is 10.6 Å². The molecule has 2 nitrogen and oxygen atoms in total. The van der Waals surface area contributed by atoms with Crippen LogP contribution in [-0.2, 0) is 9.84 Å². The van der Waals surface area contributed by atoms with E-state index in [1.54, 1.807) is 0 Å². The summed E-state index contributed by atoms with van der Waals surface area (Å²) in [6.07, 6.45) is 0. The average molecular weight is 187 g/mol. The van der Waals surface area contributed by atoms with Crippen LogP contribution in [0.15, 0.2) is 0 Å². The molecule has 0 aromatic rings. The normalized spacial score (nSPS) is 41.1. The topological polar surface area (TPSA) is 34.1 Å². The standard InChI is InChI=1S/C4H7ClO2S2/c5-3-1-9(6,7)2-4(3)8/h3-4,8H,1-2H2. The van der Waals surface area contributed by atoms with Crippen LogP contribution in [0.2, 0.25) is 0 Å². The van der Waals surface area contributed by atoms with Crippen molar-refractivity contribution in [1.82, 2.24) is 0 Å². The molecule has 1 heterocycles. The molecule has 1 fully saturated rings. The molecule has 2 unspecified atom stereocenters.